The molecule has 280 valence electrons. The lowest BCUT2D eigenvalue weighted by atomic mass is 9.93. The molecule has 52 heavy (non-hydrogen) atoms. The van der Waals surface area contributed by atoms with Crippen LogP contribution in [0, 0.1) is 22.7 Å². The molecule has 7 rings (SSSR count). The van der Waals surface area contributed by atoms with Crippen LogP contribution < -0.4 is 14.8 Å². The fourth-order valence-corrected chi connectivity index (χ4v) is 9.29. The molecule has 0 aromatic carbocycles. The first-order valence-electron chi connectivity index (χ1n) is 18.9. The summed E-state index contributed by atoms with van der Waals surface area (Å²) in [5.74, 6) is 0.187. The molecule has 13 nitrogen and oxygen atoms in total. The third-order valence-electron chi connectivity index (χ3n) is 10.9. The number of hydrogen-bond donors (Lipinski definition) is 2. The standard InChI is InChI=1S/C37H48ClN7O6S/c1-34(2,3)51-33(47)44-23-24(22-35(44,4)5)8-7-19-39-27-9-6-10-30(40-27)52(48,49)43-32(46)25-11-12-28(41-31(25)38)45-20-13-29(42-45)50-21-14-26-36(15-16-36)37(26)17-18-37/h6,9-13,20,24,26H,7-8,14-19,21-23H2,1-5H3,(H,39,40)(H,43,46)/t24-/m0/s1/i14D2. The van der Waals surface area contributed by atoms with E-state index in [1.54, 1.807) is 23.2 Å². The van der Waals surface area contributed by atoms with Crippen LogP contribution in [0.5, 0.6) is 5.88 Å². The molecule has 1 saturated heterocycles. The zero-order valence-electron chi connectivity index (χ0n) is 32.2. The van der Waals surface area contributed by atoms with E-state index in [0.29, 0.717) is 24.8 Å². The summed E-state index contributed by atoms with van der Waals surface area (Å²) in [6.07, 6.45) is 6.75. The SMILES string of the molecule is [2H]C([2H])(COc1ccn(-c2ccc(C(=O)NS(=O)(=O)c3cccc(NCCC[C@@H]4CN(C(=O)OC(C)(C)C)C(C)(C)C4)n3)c(Cl)n2)n1)C1C2(CC2)C12CC2. The Bertz CT molecular complexity index is 2040. The van der Waals surface area contributed by atoms with Crippen LogP contribution in [0.15, 0.2) is 47.6 Å². The van der Waals surface area contributed by atoms with Gasteiger partial charge in [-0.3, -0.25) is 4.79 Å². The van der Waals surface area contributed by atoms with Crippen LogP contribution in [0.1, 0.15) is 99.0 Å². The molecule has 0 bridgehead atoms. The number of ether oxygens (including phenoxy) is 2. The second-order valence-electron chi connectivity index (χ2n) is 16.2. The third kappa shape index (κ3) is 7.33. The number of nitrogens with one attached hydrogen (secondary N) is 2. The highest BCUT2D eigenvalue weighted by molar-refractivity contribution is 7.90. The summed E-state index contributed by atoms with van der Waals surface area (Å²) >= 11 is 6.35. The second-order valence-corrected chi connectivity index (χ2v) is 18.2. The predicted molar refractivity (Wildman–Crippen MR) is 195 cm³/mol. The average molecular weight is 756 g/mol. The molecule has 3 saturated carbocycles. The van der Waals surface area contributed by atoms with Gasteiger partial charge >= 0.3 is 6.09 Å². The Morgan fingerprint density at radius 2 is 1.81 bits per heavy atom. The number of halogens is 1. The number of carbonyl (C=O) groups excluding carboxylic acids is 2. The molecule has 2 amide bonds. The molecular formula is C37H48ClN7O6S. The summed E-state index contributed by atoms with van der Waals surface area (Å²) in [6.45, 7) is 10.7. The number of sulfonamides is 1. The summed E-state index contributed by atoms with van der Waals surface area (Å²) in [6, 6.07) is 8.87. The summed E-state index contributed by atoms with van der Waals surface area (Å²) < 4.78 is 58.4. The van der Waals surface area contributed by atoms with Crippen molar-refractivity contribution in [3.8, 4) is 11.7 Å². The summed E-state index contributed by atoms with van der Waals surface area (Å²) in [7, 11) is -4.37. The van der Waals surface area contributed by atoms with E-state index in [-0.39, 0.29) is 62.4 Å². The maximum absolute atomic E-state index is 13.2. The van der Waals surface area contributed by atoms with Gasteiger partial charge in [0, 0.05) is 33.6 Å². The highest BCUT2D eigenvalue weighted by Crippen LogP contribution is 2.93. The molecular weight excluding hydrogens is 706 g/mol. The molecule has 2 spiro atoms. The van der Waals surface area contributed by atoms with Crippen molar-refractivity contribution in [2.24, 2.45) is 22.7 Å². The van der Waals surface area contributed by atoms with Gasteiger partial charge < -0.3 is 19.7 Å². The van der Waals surface area contributed by atoms with Gasteiger partial charge in [-0.25, -0.2) is 24.2 Å². The van der Waals surface area contributed by atoms with Gasteiger partial charge in [-0.15, -0.1) is 5.10 Å². The number of fused-ring (bicyclic) bond motifs is 1. The number of aromatic nitrogens is 4. The summed E-state index contributed by atoms with van der Waals surface area (Å²) in [5, 5.41) is 6.91. The van der Waals surface area contributed by atoms with Crippen LogP contribution in [0.4, 0.5) is 10.6 Å². The van der Waals surface area contributed by atoms with Crippen LogP contribution in [0.2, 0.25) is 5.15 Å². The van der Waals surface area contributed by atoms with Crippen molar-refractivity contribution in [1.29, 1.82) is 0 Å². The monoisotopic (exact) mass is 755 g/mol. The maximum Gasteiger partial charge on any atom is 0.410 e. The zero-order chi connectivity index (χ0) is 38.9. The maximum atomic E-state index is 13.2. The van der Waals surface area contributed by atoms with Gasteiger partial charge in [0.2, 0.25) is 5.88 Å². The Balaban J connectivity index is 0.896. The minimum absolute atomic E-state index is 0.0476. The Kier molecular flexibility index (Phi) is 8.60. The molecule has 3 aliphatic carbocycles. The first kappa shape index (κ1) is 33.9. The first-order chi connectivity index (χ1) is 25.3. The zero-order valence-corrected chi connectivity index (χ0v) is 31.8. The Morgan fingerprint density at radius 3 is 2.48 bits per heavy atom. The molecule has 15 heteroatoms. The molecule has 0 radical (unpaired) electrons. The van der Waals surface area contributed by atoms with E-state index in [4.69, 9.17) is 23.8 Å². The van der Waals surface area contributed by atoms with Crippen molar-refractivity contribution < 1.29 is 30.2 Å². The van der Waals surface area contributed by atoms with Crippen molar-refractivity contribution in [3.05, 3.63) is 53.3 Å². The predicted octanol–water partition coefficient (Wildman–Crippen LogP) is 6.62. The average Bonchev–Trinajstić information content (AvgIpc) is 4.03. The summed E-state index contributed by atoms with van der Waals surface area (Å²) in [5.41, 5.74) is -0.636. The second kappa shape index (κ2) is 13.2. The number of hydrogen-bond acceptors (Lipinski definition) is 10. The van der Waals surface area contributed by atoms with E-state index in [0.717, 1.165) is 44.9 Å². The van der Waals surface area contributed by atoms with Gasteiger partial charge in [0.05, 0.1) is 12.2 Å². The molecule has 1 atom stereocenters. The van der Waals surface area contributed by atoms with Crippen molar-refractivity contribution in [2.75, 3.05) is 25.0 Å². The third-order valence-corrected chi connectivity index (χ3v) is 12.4. The van der Waals surface area contributed by atoms with E-state index in [1.165, 1.54) is 28.9 Å². The number of pyridine rings is 2. The molecule has 3 aromatic heterocycles. The molecule has 0 unspecified atom stereocenters. The Morgan fingerprint density at radius 1 is 1.08 bits per heavy atom. The van der Waals surface area contributed by atoms with Crippen molar-refractivity contribution >= 4 is 39.4 Å². The van der Waals surface area contributed by atoms with Crippen molar-refractivity contribution in [3.63, 3.8) is 0 Å². The van der Waals surface area contributed by atoms with Gasteiger partial charge in [0.15, 0.2) is 10.8 Å². The molecule has 1 aliphatic heterocycles. The largest absolute Gasteiger partial charge is 0.477 e. The number of anilines is 1. The Hall–Kier alpha value is -3.91. The van der Waals surface area contributed by atoms with E-state index >= 15 is 0 Å². The fraction of sp³-hybridized carbons (Fsp3) is 0.595. The van der Waals surface area contributed by atoms with Gasteiger partial charge in [-0.1, -0.05) is 17.7 Å². The smallest absolute Gasteiger partial charge is 0.410 e. The first-order valence-corrected chi connectivity index (χ1v) is 19.8. The Labute approximate surface area is 313 Å². The molecule has 4 aliphatic rings. The fourth-order valence-electron chi connectivity index (χ4n) is 8.12. The van der Waals surface area contributed by atoms with Gasteiger partial charge in [0.25, 0.3) is 15.9 Å². The minimum atomic E-state index is -4.37. The lowest BCUT2D eigenvalue weighted by Gasteiger charge is -2.33. The highest BCUT2D eigenvalue weighted by atomic mass is 35.5. The topological polar surface area (TPSA) is 158 Å². The quantitative estimate of drug-likeness (QED) is 0.144. The van der Waals surface area contributed by atoms with Crippen molar-refractivity contribution in [1.82, 2.24) is 29.4 Å². The normalized spacial score (nSPS) is 21.7. The van der Waals surface area contributed by atoms with Gasteiger partial charge in [0.1, 0.15) is 16.6 Å². The minimum Gasteiger partial charge on any atom is -0.477 e. The number of nitrogens with zero attached hydrogens (tertiary/aromatic N) is 5. The molecule has 4 heterocycles. The van der Waals surface area contributed by atoms with E-state index in [2.05, 4.69) is 20.4 Å². The highest BCUT2D eigenvalue weighted by Gasteiger charge is 2.85. The molecule has 2 N–H and O–H groups in total. The van der Waals surface area contributed by atoms with E-state index in [9.17, 15) is 18.0 Å². The molecule has 4 fully saturated rings. The van der Waals surface area contributed by atoms with Crippen LogP contribution in [0.25, 0.3) is 5.82 Å². The van der Waals surface area contributed by atoms with Crippen LogP contribution >= 0.6 is 11.6 Å². The summed E-state index contributed by atoms with van der Waals surface area (Å²) in [4.78, 5) is 36.1. The van der Waals surface area contributed by atoms with E-state index in [1.807, 2.05) is 39.3 Å². The van der Waals surface area contributed by atoms with Crippen LogP contribution in [0.3, 0.4) is 0 Å². The number of likely N-dealkylation sites (tertiary alicyclic amines) is 1. The van der Waals surface area contributed by atoms with Crippen LogP contribution in [-0.4, -0.2) is 75.9 Å². The number of carbonyl (C=O) groups is 2. The molecule has 3 aromatic rings. The lowest BCUT2D eigenvalue weighted by molar-refractivity contribution is 0.0130. The number of rotatable bonds is 13. The lowest BCUT2D eigenvalue weighted by Crippen LogP contribution is -2.45. The van der Waals surface area contributed by atoms with Crippen molar-refractivity contribution in [2.45, 2.75) is 102 Å². The van der Waals surface area contributed by atoms with Gasteiger partial charge in [-0.05, 0) is 133 Å². The van der Waals surface area contributed by atoms with Crippen LogP contribution in [-0.2, 0) is 14.8 Å². The number of amides is 2. The van der Waals surface area contributed by atoms with Gasteiger partial charge in [-0.2, -0.15) is 8.42 Å². The van der Waals surface area contributed by atoms with E-state index < -0.39 is 27.9 Å².